The van der Waals surface area contributed by atoms with Gasteiger partial charge in [-0.2, -0.15) is 8.78 Å². The van der Waals surface area contributed by atoms with E-state index in [1.807, 2.05) is 6.92 Å². The summed E-state index contributed by atoms with van der Waals surface area (Å²) in [7, 11) is -12.5. The van der Waals surface area contributed by atoms with E-state index in [4.69, 9.17) is 33.2 Å². The Balaban J connectivity index is 0.000000139. The lowest BCUT2D eigenvalue weighted by atomic mass is 9.45. The number of esters is 3. The second-order valence-corrected chi connectivity index (χ2v) is 50.4. The number of fused-ring (bicyclic) bond motifs is 1. The number of benzene rings is 2. The standard InChI is InChI=1S/C25H32F2O6.C25H38.C16H26.C15H23FO3.C14H22O3.C4H10O6S3/c1-3-25(13-5-11-4-12(7-13)8-14(25)6-11)10-31-21(28)17-15-9-16-18(17)22(29)32-19(16)20(15)33-23(30)24(2,26)27;1-19-24(21-13-7-3-8-14-21)17-23(20-11-5-2-6-12-20)18-25(19)22-15-9-4-10-16-22;1-10(2)14-8-15(11(3)4)13(7)16(9-14)12(5)6;1-10(16)8-18-14(17)19-9-15-5-11-2-12(6-15)4-13(3-11)7-15;1-2-16-13(15)17-9-14-6-10-3-11(7-14)5-12(4-10)8-14;1-11(5,6)4(12(2,7)8)13(3,9)10/h11-20H,3-10H2,1-2H3;17-18,20-22H,2-16H2,1H3;8-12H,1-7H3;10-13H,2-9H2,1H3;10-12H,2-9H2,1H3;4H,1-3H3. The number of halogens is 3. The lowest BCUT2D eigenvalue weighted by molar-refractivity contribution is -0.188. The van der Waals surface area contributed by atoms with Crippen LogP contribution in [0.25, 0.3) is 0 Å². The molecule has 20 rings (SSSR count). The topological polar surface area (TPSA) is 252 Å². The molecular formula is C99H151F3O18S3. The summed E-state index contributed by atoms with van der Waals surface area (Å²) in [6.07, 6.45) is 42.9. The molecule has 1 aliphatic heterocycles. The van der Waals surface area contributed by atoms with Gasteiger partial charge in [-0.3, -0.25) is 9.59 Å². The first-order valence-electron chi connectivity index (χ1n) is 47.9. The van der Waals surface area contributed by atoms with Gasteiger partial charge in [-0.15, -0.1) is 0 Å². The quantitative estimate of drug-likeness (QED) is 0.0784. The molecule has 17 saturated carbocycles. The first-order valence-corrected chi connectivity index (χ1v) is 53.8. The Kier molecular flexibility index (Phi) is 31.7. The van der Waals surface area contributed by atoms with Crippen LogP contribution in [0, 0.1) is 113 Å². The second kappa shape index (κ2) is 40.2. The maximum absolute atomic E-state index is 13.5. The lowest BCUT2D eigenvalue weighted by Crippen LogP contribution is -2.55. The molecule has 694 valence electrons. The van der Waals surface area contributed by atoms with Crippen LogP contribution in [-0.4, -0.2) is 135 Å². The molecule has 18 nitrogen and oxygen atoms in total. The van der Waals surface area contributed by atoms with Crippen molar-refractivity contribution in [1.82, 2.24) is 0 Å². The third-order valence-electron chi connectivity index (χ3n) is 32.5. The minimum Gasteiger partial charge on any atom is -0.465 e. The summed E-state index contributed by atoms with van der Waals surface area (Å²) in [5, 5.41) is 0. The van der Waals surface area contributed by atoms with Gasteiger partial charge in [0.05, 0.1) is 25.0 Å². The van der Waals surface area contributed by atoms with Crippen molar-refractivity contribution in [3.05, 3.63) is 68.8 Å². The molecule has 2 aromatic carbocycles. The van der Waals surface area contributed by atoms with Crippen molar-refractivity contribution >= 4 is 59.7 Å². The fourth-order valence-electron chi connectivity index (χ4n) is 28.2. The molecule has 0 radical (unpaired) electrons. The van der Waals surface area contributed by atoms with Gasteiger partial charge in [-0.05, 0) is 327 Å². The van der Waals surface area contributed by atoms with Crippen LogP contribution in [-0.2, 0) is 77.1 Å². The van der Waals surface area contributed by atoms with E-state index in [1.165, 1.54) is 235 Å². The van der Waals surface area contributed by atoms with Crippen LogP contribution >= 0.6 is 0 Å². The van der Waals surface area contributed by atoms with Gasteiger partial charge in [-0.1, -0.05) is 131 Å². The van der Waals surface area contributed by atoms with Crippen molar-refractivity contribution in [2.24, 2.45) is 99.1 Å². The molecule has 24 heteroatoms. The zero-order chi connectivity index (χ0) is 89.2. The normalized spacial score (nSPS) is 33.4. The molecule has 0 N–H and O–H groups in total. The summed E-state index contributed by atoms with van der Waals surface area (Å²) >= 11 is 0. The Hall–Kier alpha value is -4.97. The maximum Gasteiger partial charge on any atom is 0.508 e. The smallest absolute Gasteiger partial charge is 0.465 e. The number of rotatable bonds is 22. The summed E-state index contributed by atoms with van der Waals surface area (Å²) in [5.41, 5.74) is 13.5. The third kappa shape index (κ3) is 23.3. The number of alkyl halides is 3. The predicted molar refractivity (Wildman–Crippen MR) is 472 cm³/mol. The predicted octanol–water partition coefficient (Wildman–Crippen LogP) is 22.8. The number of sulfone groups is 3. The Labute approximate surface area is 735 Å². The van der Waals surface area contributed by atoms with E-state index in [1.54, 1.807) is 22.3 Å². The number of hydrogen-bond donors (Lipinski definition) is 0. The largest absolute Gasteiger partial charge is 0.508 e. The van der Waals surface area contributed by atoms with E-state index in [0.717, 1.165) is 71.5 Å². The van der Waals surface area contributed by atoms with Crippen LogP contribution in [0.5, 0.6) is 0 Å². The van der Waals surface area contributed by atoms with Crippen molar-refractivity contribution < 1.29 is 95.6 Å². The van der Waals surface area contributed by atoms with Gasteiger partial charge >= 0.3 is 36.1 Å². The Bertz CT molecular complexity index is 4090. The molecule has 0 spiro atoms. The van der Waals surface area contributed by atoms with Crippen LogP contribution < -0.4 is 0 Å². The lowest BCUT2D eigenvalue weighted by Gasteiger charge is -2.61. The van der Waals surface area contributed by atoms with Crippen LogP contribution in [0.2, 0.25) is 0 Å². The van der Waals surface area contributed by atoms with Crippen LogP contribution in [0.4, 0.5) is 22.8 Å². The van der Waals surface area contributed by atoms with Gasteiger partial charge in [0.15, 0.2) is 29.5 Å². The number of hydrogen-bond acceptors (Lipinski definition) is 18. The molecule has 18 fully saturated rings. The van der Waals surface area contributed by atoms with Crippen molar-refractivity contribution in [3.8, 4) is 0 Å². The molecule has 0 amide bonds. The summed E-state index contributed by atoms with van der Waals surface area (Å²) in [4.78, 5) is 60.5. The summed E-state index contributed by atoms with van der Waals surface area (Å²) in [6, 6.07) is 10.2. The highest BCUT2D eigenvalue weighted by atomic mass is 32.3. The molecular weight excluding hydrogens is 1630 g/mol. The highest BCUT2D eigenvalue weighted by Crippen LogP contribution is 2.66. The first-order chi connectivity index (χ1) is 57.9. The van der Waals surface area contributed by atoms with Gasteiger partial charge < -0.3 is 33.2 Å². The molecule has 17 aliphatic carbocycles. The average molecular weight is 1780 g/mol. The van der Waals surface area contributed by atoms with Crippen molar-refractivity contribution in [1.29, 1.82) is 0 Å². The van der Waals surface area contributed by atoms with Crippen molar-refractivity contribution in [3.63, 3.8) is 0 Å². The molecule has 0 aromatic heterocycles. The molecule has 7 unspecified atom stereocenters. The fraction of sp³-hybridized carbons (Fsp3) is 0.828. The van der Waals surface area contributed by atoms with E-state index >= 15 is 0 Å². The molecule has 1 saturated heterocycles. The monoisotopic (exact) mass is 1780 g/mol. The zero-order valence-electron chi connectivity index (χ0n) is 77.0. The molecule has 14 bridgehead atoms. The second-order valence-electron chi connectivity index (χ2n) is 43.1. The SMILES string of the molecule is CC(F)COC(=O)OCC12CC3CC(CC(C3)C1)C2.CCC1(COC(=O)C2C3CC4C(OC(=O)C42)C3OC(=O)C(C)(F)F)C2CC3CC(C2)CC1C3.CCOC(=O)OCC12CC3CC(CC(C3)C1)C2.CS(=O)(=O)C(S(C)(=O)=O)S(C)(=O)=O.Cc1c(C(C)C)cc(C(C)C)cc1C(C)C.Cc1c(C2CCCCC2)cc(C2CCCCC2)cc1C1CCCCC1. The number of ether oxygens (including phenoxy) is 7. The number of carbonyl (C=O) groups excluding carboxylic acids is 5. The Morgan fingerprint density at radius 2 is 0.894 bits per heavy atom. The van der Waals surface area contributed by atoms with Crippen LogP contribution in [0.3, 0.4) is 0 Å². The van der Waals surface area contributed by atoms with E-state index in [0.29, 0.717) is 93.5 Å². The van der Waals surface area contributed by atoms with Gasteiger partial charge in [0.25, 0.3) is 3.91 Å². The average Bonchev–Trinajstić information content (AvgIpc) is 1.59. The minimum atomic E-state index is -4.16. The van der Waals surface area contributed by atoms with E-state index in [9.17, 15) is 62.4 Å². The third-order valence-corrected chi connectivity index (χ3v) is 40.9. The van der Waals surface area contributed by atoms with E-state index in [-0.39, 0.29) is 23.4 Å². The van der Waals surface area contributed by atoms with E-state index < -0.39 is 106 Å². The molecule has 1 heterocycles. The fourth-order valence-corrected chi connectivity index (χ4v) is 35.8. The van der Waals surface area contributed by atoms with Crippen molar-refractivity contribution in [2.75, 3.05) is 51.8 Å². The summed E-state index contributed by atoms with van der Waals surface area (Å²) < 4.78 is 139. The highest BCUT2D eigenvalue weighted by molar-refractivity contribution is 8.23. The van der Waals surface area contributed by atoms with Crippen LogP contribution in [0.1, 0.15) is 368 Å². The molecule has 123 heavy (non-hydrogen) atoms. The van der Waals surface area contributed by atoms with Gasteiger partial charge in [0.1, 0.15) is 38.2 Å². The van der Waals surface area contributed by atoms with E-state index in [2.05, 4.69) is 86.6 Å². The van der Waals surface area contributed by atoms with Crippen molar-refractivity contribution in [2.45, 2.75) is 365 Å². The highest BCUT2D eigenvalue weighted by Gasteiger charge is 2.71. The Morgan fingerprint density at radius 1 is 0.496 bits per heavy atom. The molecule has 7 atom stereocenters. The number of carbonyl (C=O) groups is 5. The summed E-state index contributed by atoms with van der Waals surface area (Å²) in [6.45, 7) is 25.9. The molecule has 18 aliphatic rings. The zero-order valence-corrected chi connectivity index (χ0v) is 79.4. The minimum absolute atomic E-state index is 0.00441. The maximum atomic E-state index is 13.5. The van der Waals surface area contributed by atoms with Crippen LogP contribution in [0.15, 0.2) is 24.3 Å². The van der Waals surface area contributed by atoms with Gasteiger partial charge in [0.2, 0.25) is 0 Å². The first kappa shape index (κ1) is 97.1. The summed E-state index contributed by atoms with van der Waals surface area (Å²) in [5.74, 6) is 3.99. The Morgan fingerprint density at radius 3 is 1.25 bits per heavy atom. The van der Waals surface area contributed by atoms with Gasteiger partial charge in [0, 0.05) is 53.8 Å². The molecule has 2 aromatic rings. The van der Waals surface area contributed by atoms with Gasteiger partial charge in [-0.25, -0.2) is 44.0 Å².